The van der Waals surface area contributed by atoms with Crippen molar-refractivity contribution < 1.29 is 19.0 Å². The Labute approximate surface area is 198 Å². The zero-order chi connectivity index (χ0) is 23.3. The highest BCUT2D eigenvalue weighted by atomic mass is 16.5. The van der Waals surface area contributed by atoms with Crippen molar-refractivity contribution in [1.29, 1.82) is 0 Å². The molecule has 2 fully saturated rings. The van der Waals surface area contributed by atoms with E-state index in [0.29, 0.717) is 24.8 Å². The molecule has 0 bridgehead atoms. The third-order valence-corrected chi connectivity index (χ3v) is 7.52. The molecule has 1 amide bonds. The van der Waals surface area contributed by atoms with E-state index in [4.69, 9.17) is 24.9 Å². The summed E-state index contributed by atoms with van der Waals surface area (Å²) in [6, 6.07) is 4.05. The molecule has 8 nitrogen and oxygen atoms in total. The van der Waals surface area contributed by atoms with E-state index in [-0.39, 0.29) is 11.8 Å². The Morgan fingerprint density at radius 1 is 1.29 bits per heavy atom. The standard InChI is InChI=1S/C26H30N4O4/c1-30-11-20(19-7-17(8-24(27)31)28-10-22(19)30)21-9-23(34-14-16-12-33-13-16)18-3-2-4-26(25(18)29-21)5-6-32-15-26/h7,9-11,16H,2-6,8,12-15H2,1H3,(H2,27,31). The number of hydrogen-bond donors (Lipinski definition) is 1. The molecule has 3 aromatic rings. The zero-order valence-corrected chi connectivity index (χ0v) is 19.5. The van der Waals surface area contributed by atoms with Crippen molar-refractivity contribution in [3.8, 4) is 17.0 Å². The van der Waals surface area contributed by atoms with Crippen LogP contribution in [0.5, 0.6) is 5.75 Å². The molecule has 34 heavy (non-hydrogen) atoms. The highest BCUT2D eigenvalue weighted by molar-refractivity contribution is 5.95. The van der Waals surface area contributed by atoms with Gasteiger partial charge < -0.3 is 24.5 Å². The molecule has 2 saturated heterocycles. The maximum Gasteiger partial charge on any atom is 0.223 e. The first kappa shape index (κ1) is 21.6. The van der Waals surface area contributed by atoms with Crippen LogP contribution in [-0.2, 0) is 39.6 Å². The van der Waals surface area contributed by atoms with E-state index in [9.17, 15) is 4.79 Å². The minimum absolute atomic E-state index is 0.0372. The number of hydrogen-bond acceptors (Lipinski definition) is 6. The molecule has 1 atom stereocenters. The molecular weight excluding hydrogens is 432 g/mol. The number of carbonyl (C=O) groups excluding carboxylic acids is 1. The van der Waals surface area contributed by atoms with Crippen molar-refractivity contribution in [2.45, 2.75) is 37.5 Å². The third-order valence-electron chi connectivity index (χ3n) is 7.52. The summed E-state index contributed by atoms with van der Waals surface area (Å²) in [4.78, 5) is 21.2. The van der Waals surface area contributed by atoms with Crippen LogP contribution in [0.2, 0.25) is 0 Å². The molecule has 6 rings (SSSR count). The molecule has 5 heterocycles. The Morgan fingerprint density at radius 3 is 2.91 bits per heavy atom. The van der Waals surface area contributed by atoms with Gasteiger partial charge in [-0.3, -0.25) is 14.8 Å². The van der Waals surface area contributed by atoms with Crippen LogP contribution in [0.15, 0.2) is 24.5 Å². The molecule has 0 radical (unpaired) electrons. The van der Waals surface area contributed by atoms with Gasteiger partial charge in [0.05, 0.1) is 61.6 Å². The number of primary amides is 1. The Bertz CT molecular complexity index is 1260. The van der Waals surface area contributed by atoms with Gasteiger partial charge in [0.1, 0.15) is 5.75 Å². The van der Waals surface area contributed by atoms with Crippen LogP contribution < -0.4 is 10.5 Å². The lowest BCUT2D eigenvalue weighted by molar-refractivity contribution is -0.117. The maximum absolute atomic E-state index is 11.5. The normalized spacial score (nSPS) is 22.1. The monoisotopic (exact) mass is 462 g/mol. The molecule has 178 valence electrons. The fourth-order valence-corrected chi connectivity index (χ4v) is 5.60. The second-order valence-corrected chi connectivity index (χ2v) is 9.97. The molecule has 2 N–H and O–H groups in total. The topological polar surface area (TPSA) is 101 Å². The lowest BCUT2D eigenvalue weighted by Crippen LogP contribution is -2.34. The summed E-state index contributed by atoms with van der Waals surface area (Å²) >= 11 is 0. The predicted octanol–water partition coefficient (Wildman–Crippen LogP) is 2.68. The van der Waals surface area contributed by atoms with Gasteiger partial charge in [0.15, 0.2) is 0 Å². The summed E-state index contributed by atoms with van der Waals surface area (Å²) in [5.74, 6) is 0.982. The van der Waals surface area contributed by atoms with Gasteiger partial charge in [0.2, 0.25) is 5.91 Å². The van der Waals surface area contributed by atoms with Crippen molar-refractivity contribution >= 4 is 16.8 Å². The molecule has 3 aromatic heterocycles. The van der Waals surface area contributed by atoms with Crippen LogP contribution >= 0.6 is 0 Å². The summed E-state index contributed by atoms with van der Waals surface area (Å²) in [6.07, 6.45) is 8.18. The average Bonchev–Trinajstić information content (AvgIpc) is 3.38. The van der Waals surface area contributed by atoms with E-state index in [0.717, 1.165) is 79.1 Å². The number of fused-ring (bicyclic) bond motifs is 3. The summed E-state index contributed by atoms with van der Waals surface area (Å²) < 4.78 is 19.7. The SMILES string of the molecule is Cn1cc(-c2cc(OCC3COC3)c3c(n2)C2(CCC3)CCOC2)c2cc(CC(N)=O)ncc21. The molecule has 8 heteroatoms. The van der Waals surface area contributed by atoms with Gasteiger partial charge >= 0.3 is 0 Å². The van der Waals surface area contributed by atoms with Crippen molar-refractivity contribution in [3.05, 3.63) is 41.5 Å². The van der Waals surface area contributed by atoms with Crippen LogP contribution in [0.1, 0.15) is 36.2 Å². The molecule has 1 spiro atoms. The Morgan fingerprint density at radius 2 is 2.18 bits per heavy atom. The smallest absolute Gasteiger partial charge is 0.223 e. The van der Waals surface area contributed by atoms with E-state index >= 15 is 0 Å². The third kappa shape index (κ3) is 3.65. The van der Waals surface area contributed by atoms with Crippen LogP contribution in [0.25, 0.3) is 22.2 Å². The van der Waals surface area contributed by atoms with Crippen molar-refractivity contribution in [2.24, 2.45) is 18.7 Å². The van der Waals surface area contributed by atoms with Crippen molar-refractivity contribution in [2.75, 3.05) is 33.0 Å². The molecule has 0 saturated carbocycles. The van der Waals surface area contributed by atoms with Gasteiger partial charge in [0, 0.05) is 53.8 Å². The highest BCUT2D eigenvalue weighted by Gasteiger charge is 2.43. The second kappa shape index (κ2) is 8.36. The van der Waals surface area contributed by atoms with Crippen molar-refractivity contribution in [3.63, 3.8) is 0 Å². The summed E-state index contributed by atoms with van der Waals surface area (Å²) in [5.41, 5.74) is 11.3. The number of rotatable bonds is 6. The number of carbonyl (C=O) groups is 1. The number of aromatic nitrogens is 3. The van der Waals surface area contributed by atoms with E-state index in [1.807, 2.05) is 17.7 Å². The first-order valence-corrected chi connectivity index (χ1v) is 12.1. The van der Waals surface area contributed by atoms with Crippen molar-refractivity contribution in [1.82, 2.24) is 14.5 Å². The maximum atomic E-state index is 11.5. The first-order chi connectivity index (χ1) is 16.5. The minimum Gasteiger partial charge on any atom is -0.493 e. The second-order valence-electron chi connectivity index (χ2n) is 9.97. The predicted molar refractivity (Wildman–Crippen MR) is 127 cm³/mol. The number of pyridine rings is 2. The molecular formula is C26H30N4O4. The van der Waals surface area contributed by atoms with Gasteiger partial charge in [-0.15, -0.1) is 0 Å². The number of nitrogens with zero attached hydrogens (tertiary/aromatic N) is 3. The fourth-order valence-electron chi connectivity index (χ4n) is 5.60. The average molecular weight is 463 g/mol. The Balaban J connectivity index is 1.49. The molecule has 3 aliphatic rings. The molecule has 0 aromatic carbocycles. The quantitative estimate of drug-likeness (QED) is 0.604. The summed E-state index contributed by atoms with van der Waals surface area (Å²) in [7, 11) is 2.00. The van der Waals surface area contributed by atoms with Gasteiger partial charge in [-0.25, -0.2) is 0 Å². The zero-order valence-electron chi connectivity index (χ0n) is 19.5. The van der Waals surface area contributed by atoms with Crippen LogP contribution in [-0.4, -0.2) is 53.5 Å². The largest absolute Gasteiger partial charge is 0.493 e. The number of nitrogens with two attached hydrogens (primary N) is 1. The highest BCUT2D eigenvalue weighted by Crippen LogP contribution is 2.46. The number of ether oxygens (including phenoxy) is 3. The van der Waals surface area contributed by atoms with Gasteiger partial charge in [-0.1, -0.05) is 0 Å². The van der Waals surface area contributed by atoms with Gasteiger partial charge in [-0.05, 0) is 31.7 Å². The van der Waals surface area contributed by atoms with Crippen LogP contribution in [0, 0.1) is 5.92 Å². The molecule has 1 aliphatic carbocycles. The minimum atomic E-state index is -0.393. The van der Waals surface area contributed by atoms with E-state index in [2.05, 4.69) is 17.2 Å². The number of amides is 1. The molecule has 1 unspecified atom stereocenters. The Hall–Kier alpha value is -2.97. The van der Waals surface area contributed by atoms with Gasteiger partial charge in [0.25, 0.3) is 0 Å². The fraction of sp³-hybridized carbons (Fsp3) is 0.500. The van der Waals surface area contributed by atoms with E-state index in [1.54, 1.807) is 6.20 Å². The van der Waals surface area contributed by atoms with Gasteiger partial charge in [-0.2, -0.15) is 0 Å². The Kier molecular flexibility index (Phi) is 5.30. The lowest BCUT2D eigenvalue weighted by atomic mass is 9.72. The molecule has 2 aliphatic heterocycles. The first-order valence-electron chi connectivity index (χ1n) is 12.1. The summed E-state index contributed by atoms with van der Waals surface area (Å²) in [5, 5.41) is 1.01. The van der Waals surface area contributed by atoms with E-state index in [1.165, 1.54) is 5.56 Å². The number of aryl methyl sites for hydroxylation is 1. The van der Waals surface area contributed by atoms with Crippen LogP contribution in [0.4, 0.5) is 0 Å². The van der Waals surface area contributed by atoms with Crippen LogP contribution in [0.3, 0.4) is 0 Å². The lowest BCUT2D eigenvalue weighted by Gasteiger charge is -2.35. The van der Waals surface area contributed by atoms with E-state index < -0.39 is 5.91 Å². The summed E-state index contributed by atoms with van der Waals surface area (Å²) in [6.45, 7) is 3.67.